The van der Waals surface area contributed by atoms with E-state index >= 15 is 0 Å². The van der Waals surface area contributed by atoms with Gasteiger partial charge in [-0.25, -0.2) is 0 Å². The van der Waals surface area contributed by atoms with Crippen LogP contribution in [0.4, 0.5) is 0 Å². The van der Waals surface area contributed by atoms with Crippen LogP contribution < -0.4 is 12.4 Å². The van der Waals surface area contributed by atoms with Crippen molar-refractivity contribution in [3.8, 4) is 0 Å². The first kappa shape index (κ1) is 52.7. The van der Waals surface area contributed by atoms with Crippen LogP contribution in [0.2, 0.25) is 4.87 Å². The van der Waals surface area contributed by atoms with Gasteiger partial charge in [0.25, 0.3) is 0 Å². The van der Waals surface area contributed by atoms with Crippen molar-refractivity contribution < 1.29 is 12.4 Å². The van der Waals surface area contributed by atoms with Crippen LogP contribution in [-0.2, 0) is 0 Å². The zero-order chi connectivity index (χ0) is 2.00. The van der Waals surface area contributed by atoms with E-state index in [2.05, 4.69) is 4.87 Å². The van der Waals surface area contributed by atoms with Gasteiger partial charge >= 0.3 is 27.9 Å². The SMILES string of the molecule is C.C.Cl.[CH3][SbH2].[Cl-]. The van der Waals surface area contributed by atoms with E-state index in [-0.39, 0.29) is 39.7 Å². The largest absolute Gasteiger partial charge is 1.00 e. The Labute approximate surface area is 67.4 Å². The molecule has 0 spiro atoms. The summed E-state index contributed by atoms with van der Waals surface area (Å²) >= 11 is 1.35. The minimum Gasteiger partial charge on any atom is -1.00 e. The first-order chi connectivity index (χ1) is 1.00. The van der Waals surface area contributed by atoms with Crippen molar-refractivity contribution >= 4 is 35.4 Å². The minimum absolute atomic E-state index is 0. The minimum atomic E-state index is 0. The fourth-order valence-electron chi connectivity index (χ4n) is 0. The summed E-state index contributed by atoms with van der Waals surface area (Å²) in [6, 6.07) is 0. The van der Waals surface area contributed by atoms with E-state index in [1.54, 1.807) is 0 Å². The summed E-state index contributed by atoms with van der Waals surface area (Å²) in [5.41, 5.74) is 0. The molecule has 0 aliphatic rings. The van der Waals surface area contributed by atoms with Crippen LogP contribution in [0.25, 0.3) is 0 Å². The summed E-state index contributed by atoms with van der Waals surface area (Å²) in [6.45, 7) is 0. The molecule has 0 amide bonds. The molecule has 46 valence electrons. The maximum absolute atomic E-state index is 2.13. The number of hydrogen-bond acceptors (Lipinski definition) is 0. The van der Waals surface area contributed by atoms with Crippen LogP contribution in [0.3, 0.4) is 0 Å². The molecule has 0 radical (unpaired) electrons. The number of hydrogen-bond donors (Lipinski definition) is 0. The topological polar surface area (TPSA) is 0 Å². The molecule has 0 aliphatic heterocycles. The van der Waals surface area contributed by atoms with E-state index in [0.717, 1.165) is 0 Å². The summed E-state index contributed by atoms with van der Waals surface area (Å²) in [6.07, 6.45) is 0. The van der Waals surface area contributed by atoms with Crippen molar-refractivity contribution in [1.82, 2.24) is 0 Å². The average molecular weight is 243 g/mol. The maximum Gasteiger partial charge on any atom is -1.00 e. The molecule has 0 unspecified atom stereocenters. The van der Waals surface area contributed by atoms with Gasteiger partial charge in [-0.2, -0.15) is 0 Å². The molecule has 0 saturated carbocycles. The van der Waals surface area contributed by atoms with Gasteiger partial charge in [0.1, 0.15) is 0 Å². The first-order valence-electron chi connectivity index (χ1n) is 0.577. The normalized spacial score (nSPS) is 1.00. The summed E-state index contributed by atoms with van der Waals surface area (Å²) in [4.78, 5) is 2.13. The molecule has 0 saturated heterocycles. The fraction of sp³-hybridized carbons (Fsp3) is 1.00. The molecule has 0 nitrogen and oxygen atoms in total. The molecule has 0 fully saturated rings. The van der Waals surface area contributed by atoms with E-state index in [4.69, 9.17) is 0 Å². The smallest absolute Gasteiger partial charge is 1.00 e. The molecule has 0 aromatic heterocycles. The molecule has 0 N–H and O–H groups in total. The third-order valence-electron chi connectivity index (χ3n) is 0. The Morgan fingerprint density at radius 3 is 1.00 bits per heavy atom. The van der Waals surface area contributed by atoms with E-state index in [1.807, 2.05) is 0 Å². The quantitative estimate of drug-likeness (QED) is 0.448. The van der Waals surface area contributed by atoms with E-state index < -0.39 is 0 Å². The Morgan fingerprint density at radius 1 is 1.00 bits per heavy atom. The molecule has 0 heterocycles. The van der Waals surface area contributed by atoms with Gasteiger partial charge < -0.3 is 12.4 Å². The molecular weight excluding hydrogens is 229 g/mol. The van der Waals surface area contributed by atoms with Crippen molar-refractivity contribution in [2.75, 3.05) is 0 Å². The summed E-state index contributed by atoms with van der Waals surface area (Å²) in [5.74, 6) is 0. The Hall–Kier alpha value is 1.40. The second-order valence-electron chi connectivity index (χ2n) is 0. The Morgan fingerprint density at radius 2 is 1.00 bits per heavy atom. The second-order valence-corrected chi connectivity index (χ2v) is 0. The third-order valence-corrected chi connectivity index (χ3v) is 0. The van der Waals surface area contributed by atoms with Crippen molar-refractivity contribution in [3.63, 3.8) is 0 Å². The first-order valence-corrected chi connectivity index (χ1v) is 3.87. The monoisotopic (exact) mass is 241 g/mol. The van der Waals surface area contributed by atoms with Crippen LogP contribution >= 0.6 is 12.4 Å². The van der Waals surface area contributed by atoms with E-state index in [1.165, 1.54) is 23.0 Å². The Kier molecular flexibility index (Phi) is 837. The molecule has 3 heteroatoms. The second kappa shape index (κ2) is 95.4. The molecular formula is C3H14Cl2Sb-. The average Bonchev–Trinajstić information content (AvgIpc) is 1.00. The van der Waals surface area contributed by atoms with Gasteiger partial charge in [-0.1, -0.05) is 14.9 Å². The van der Waals surface area contributed by atoms with Crippen LogP contribution in [0.5, 0.6) is 0 Å². The van der Waals surface area contributed by atoms with E-state index in [0.29, 0.717) is 0 Å². The summed E-state index contributed by atoms with van der Waals surface area (Å²) in [7, 11) is 0. The van der Waals surface area contributed by atoms with Crippen LogP contribution in [-0.4, -0.2) is 23.0 Å². The van der Waals surface area contributed by atoms with Gasteiger partial charge in [0.15, 0.2) is 0 Å². The van der Waals surface area contributed by atoms with Gasteiger partial charge in [0.2, 0.25) is 0 Å². The van der Waals surface area contributed by atoms with Gasteiger partial charge in [-0.05, 0) is 0 Å². The van der Waals surface area contributed by atoms with Crippen molar-refractivity contribution in [3.05, 3.63) is 0 Å². The number of rotatable bonds is 0. The van der Waals surface area contributed by atoms with Crippen molar-refractivity contribution in [2.45, 2.75) is 19.7 Å². The summed E-state index contributed by atoms with van der Waals surface area (Å²) in [5, 5.41) is 0. The predicted molar refractivity (Wildman–Crippen MR) is 35.1 cm³/mol. The van der Waals surface area contributed by atoms with Crippen LogP contribution in [0.15, 0.2) is 0 Å². The van der Waals surface area contributed by atoms with E-state index in [9.17, 15) is 0 Å². The van der Waals surface area contributed by atoms with Crippen molar-refractivity contribution in [2.24, 2.45) is 0 Å². The predicted octanol–water partition coefficient (Wildman–Crippen LogP) is -1.63. The van der Waals surface area contributed by atoms with Crippen LogP contribution in [0.1, 0.15) is 14.9 Å². The molecule has 0 rings (SSSR count). The molecule has 6 heavy (non-hydrogen) atoms. The van der Waals surface area contributed by atoms with Gasteiger partial charge in [0, 0.05) is 0 Å². The third kappa shape index (κ3) is 53.4. The fourth-order valence-corrected chi connectivity index (χ4v) is 0. The van der Waals surface area contributed by atoms with Gasteiger partial charge in [0.05, 0.1) is 0 Å². The molecule has 0 aromatic carbocycles. The molecule has 0 aromatic rings. The molecule has 0 aliphatic carbocycles. The van der Waals surface area contributed by atoms with Crippen molar-refractivity contribution in [1.29, 1.82) is 0 Å². The van der Waals surface area contributed by atoms with Crippen LogP contribution in [0, 0.1) is 0 Å². The Balaban J connectivity index is -0.000000000833. The van der Waals surface area contributed by atoms with Gasteiger partial charge in [-0.3, -0.25) is 0 Å². The summed E-state index contributed by atoms with van der Waals surface area (Å²) < 4.78 is 0. The molecule has 0 bridgehead atoms. The molecule has 0 atom stereocenters. The number of halogens is 2. The zero-order valence-electron chi connectivity index (χ0n) is 2.36. The Bertz CT molecular complexity index is 8.75. The standard InChI is InChI=1S/2CH4.CH3.2ClH.Sb.2H/h2*1H4;1H3;2*1H;;;/p-1. The zero-order valence-corrected chi connectivity index (χ0v) is 7.23. The van der Waals surface area contributed by atoms with Gasteiger partial charge in [-0.15, -0.1) is 12.4 Å². The maximum atomic E-state index is 2.13.